The third kappa shape index (κ3) is 4.08. The second kappa shape index (κ2) is 7.61. The fourth-order valence-electron chi connectivity index (χ4n) is 2.31. The highest BCUT2D eigenvalue weighted by Crippen LogP contribution is 2.29. The second-order valence-electron chi connectivity index (χ2n) is 4.77. The molecule has 0 aliphatic heterocycles. The molecule has 1 unspecified atom stereocenters. The molecule has 0 aliphatic carbocycles. The largest absolute Gasteiger partial charge is 0.310 e. The molecule has 0 bridgehead atoms. The van der Waals surface area contributed by atoms with Gasteiger partial charge in [0.05, 0.1) is 4.47 Å². The van der Waals surface area contributed by atoms with Crippen LogP contribution in [0.5, 0.6) is 0 Å². The first-order valence-electron chi connectivity index (χ1n) is 6.89. The molecule has 0 spiro atoms. The summed E-state index contributed by atoms with van der Waals surface area (Å²) in [6.07, 6.45) is 4.79. The Labute approximate surface area is 131 Å². The Hall–Kier alpha value is -1.33. The summed E-state index contributed by atoms with van der Waals surface area (Å²) in [4.78, 5) is 4.05. The fraction of sp³-hybridized carbons (Fsp3) is 0.312. The predicted octanol–water partition coefficient (Wildman–Crippen LogP) is 4.41. The van der Waals surface area contributed by atoms with Crippen molar-refractivity contribution in [3.8, 4) is 0 Å². The number of rotatable bonds is 6. The van der Waals surface area contributed by atoms with Gasteiger partial charge < -0.3 is 5.32 Å². The van der Waals surface area contributed by atoms with E-state index in [1.54, 1.807) is 12.4 Å². The Morgan fingerprint density at radius 1 is 1.29 bits per heavy atom. The van der Waals surface area contributed by atoms with Crippen molar-refractivity contribution >= 4 is 15.9 Å². The fourth-order valence-corrected chi connectivity index (χ4v) is 2.66. The van der Waals surface area contributed by atoms with Crippen LogP contribution in [0.1, 0.15) is 30.5 Å². The van der Waals surface area contributed by atoms with Gasteiger partial charge in [0.2, 0.25) is 0 Å². The standard InChI is InChI=1S/C16H17BrF2N2/c1-2-21-14(8-5-11-4-3-9-20-10-11)15-13(18)7-6-12(17)16(15)19/h3-4,6-7,9-10,14,21H,2,5,8H2,1H3. The molecule has 1 aromatic heterocycles. The lowest BCUT2D eigenvalue weighted by atomic mass is 9.98. The molecule has 0 fully saturated rings. The van der Waals surface area contributed by atoms with E-state index < -0.39 is 11.6 Å². The first kappa shape index (κ1) is 16.0. The van der Waals surface area contributed by atoms with Crippen LogP contribution in [0.25, 0.3) is 0 Å². The zero-order valence-electron chi connectivity index (χ0n) is 11.7. The van der Waals surface area contributed by atoms with Crippen molar-refractivity contribution in [1.82, 2.24) is 10.3 Å². The molecule has 1 N–H and O–H groups in total. The van der Waals surface area contributed by atoms with E-state index in [0.717, 1.165) is 5.56 Å². The first-order valence-corrected chi connectivity index (χ1v) is 7.68. The molecule has 112 valence electrons. The smallest absolute Gasteiger partial charge is 0.145 e. The zero-order valence-corrected chi connectivity index (χ0v) is 13.3. The molecule has 0 saturated carbocycles. The van der Waals surface area contributed by atoms with Crippen molar-refractivity contribution in [2.24, 2.45) is 0 Å². The van der Waals surface area contributed by atoms with Crippen LogP contribution in [-0.4, -0.2) is 11.5 Å². The number of pyridine rings is 1. The summed E-state index contributed by atoms with van der Waals surface area (Å²) in [6, 6.07) is 6.13. The number of nitrogens with one attached hydrogen (secondary N) is 1. The van der Waals surface area contributed by atoms with Crippen molar-refractivity contribution in [3.05, 3.63) is 63.9 Å². The number of aryl methyl sites for hydroxylation is 1. The first-order chi connectivity index (χ1) is 10.1. The maximum absolute atomic E-state index is 14.2. The summed E-state index contributed by atoms with van der Waals surface area (Å²) in [6.45, 7) is 2.56. The van der Waals surface area contributed by atoms with Gasteiger partial charge in [-0.15, -0.1) is 0 Å². The SMILES string of the molecule is CCNC(CCc1cccnc1)c1c(F)ccc(Br)c1F. The van der Waals surface area contributed by atoms with E-state index in [0.29, 0.717) is 19.4 Å². The van der Waals surface area contributed by atoms with Gasteiger partial charge in [-0.05, 0) is 59.1 Å². The van der Waals surface area contributed by atoms with Gasteiger partial charge in [0.1, 0.15) is 11.6 Å². The van der Waals surface area contributed by atoms with Crippen LogP contribution in [0.4, 0.5) is 8.78 Å². The Morgan fingerprint density at radius 3 is 2.76 bits per heavy atom. The molecule has 0 saturated heterocycles. The number of halogens is 3. The summed E-state index contributed by atoms with van der Waals surface area (Å²) in [5.74, 6) is -1.06. The molecule has 2 aromatic rings. The van der Waals surface area contributed by atoms with Crippen molar-refractivity contribution in [2.75, 3.05) is 6.54 Å². The Bertz CT molecular complexity index is 590. The summed E-state index contributed by atoms with van der Waals surface area (Å²) in [5, 5.41) is 3.16. The van der Waals surface area contributed by atoms with Crippen LogP contribution in [-0.2, 0) is 6.42 Å². The van der Waals surface area contributed by atoms with E-state index in [4.69, 9.17) is 0 Å². The Morgan fingerprint density at radius 2 is 2.10 bits per heavy atom. The summed E-state index contributed by atoms with van der Waals surface area (Å²) in [7, 11) is 0. The summed E-state index contributed by atoms with van der Waals surface area (Å²) in [5.41, 5.74) is 1.14. The monoisotopic (exact) mass is 354 g/mol. The van der Waals surface area contributed by atoms with Crippen molar-refractivity contribution in [3.63, 3.8) is 0 Å². The third-order valence-electron chi connectivity index (χ3n) is 3.32. The molecule has 0 amide bonds. The van der Waals surface area contributed by atoms with Gasteiger partial charge in [0.15, 0.2) is 0 Å². The minimum Gasteiger partial charge on any atom is -0.310 e. The molecule has 1 atom stereocenters. The van der Waals surface area contributed by atoms with E-state index in [1.807, 2.05) is 19.1 Å². The lowest BCUT2D eigenvalue weighted by Gasteiger charge is -2.20. The average molecular weight is 355 g/mol. The van der Waals surface area contributed by atoms with Crippen LogP contribution in [0.3, 0.4) is 0 Å². The third-order valence-corrected chi connectivity index (χ3v) is 3.94. The molecule has 5 heteroatoms. The number of nitrogens with zero attached hydrogens (tertiary/aromatic N) is 1. The maximum Gasteiger partial charge on any atom is 0.145 e. The van der Waals surface area contributed by atoms with Gasteiger partial charge >= 0.3 is 0 Å². The van der Waals surface area contributed by atoms with Gasteiger partial charge in [-0.25, -0.2) is 8.78 Å². The molecule has 0 aliphatic rings. The van der Waals surface area contributed by atoms with E-state index in [2.05, 4.69) is 26.2 Å². The normalized spacial score (nSPS) is 12.4. The lowest BCUT2D eigenvalue weighted by molar-refractivity contribution is 0.452. The molecular weight excluding hydrogens is 338 g/mol. The van der Waals surface area contributed by atoms with E-state index in [9.17, 15) is 8.78 Å². The number of hydrogen-bond donors (Lipinski definition) is 1. The van der Waals surface area contributed by atoms with Crippen LogP contribution < -0.4 is 5.32 Å². The minimum absolute atomic E-state index is 0.0927. The topological polar surface area (TPSA) is 24.9 Å². The number of hydrogen-bond acceptors (Lipinski definition) is 2. The van der Waals surface area contributed by atoms with Crippen LogP contribution >= 0.6 is 15.9 Å². The number of aromatic nitrogens is 1. The average Bonchev–Trinajstić information content (AvgIpc) is 2.50. The van der Waals surface area contributed by atoms with Gasteiger partial charge in [0.25, 0.3) is 0 Å². The molecule has 2 rings (SSSR count). The van der Waals surface area contributed by atoms with Crippen LogP contribution in [0.2, 0.25) is 0 Å². The second-order valence-corrected chi connectivity index (χ2v) is 5.62. The predicted molar refractivity (Wildman–Crippen MR) is 83.0 cm³/mol. The Kier molecular flexibility index (Phi) is 5.82. The lowest BCUT2D eigenvalue weighted by Crippen LogP contribution is -2.24. The minimum atomic E-state index is -0.535. The number of benzene rings is 1. The summed E-state index contributed by atoms with van der Waals surface area (Å²) < 4.78 is 28.5. The molecule has 1 aromatic carbocycles. The van der Waals surface area contributed by atoms with Crippen molar-refractivity contribution in [2.45, 2.75) is 25.8 Å². The van der Waals surface area contributed by atoms with Crippen LogP contribution in [0.15, 0.2) is 41.1 Å². The van der Waals surface area contributed by atoms with Gasteiger partial charge in [-0.1, -0.05) is 13.0 Å². The highest BCUT2D eigenvalue weighted by Gasteiger charge is 2.21. The van der Waals surface area contributed by atoms with E-state index in [-0.39, 0.29) is 16.1 Å². The van der Waals surface area contributed by atoms with Gasteiger partial charge in [-0.2, -0.15) is 0 Å². The quantitative estimate of drug-likeness (QED) is 0.777. The highest BCUT2D eigenvalue weighted by molar-refractivity contribution is 9.10. The van der Waals surface area contributed by atoms with Gasteiger partial charge in [0, 0.05) is 24.0 Å². The van der Waals surface area contributed by atoms with E-state index >= 15 is 0 Å². The van der Waals surface area contributed by atoms with Crippen molar-refractivity contribution in [1.29, 1.82) is 0 Å². The summed E-state index contributed by atoms with van der Waals surface area (Å²) >= 11 is 3.12. The molecule has 1 heterocycles. The molecular formula is C16H17BrF2N2. The maximum atomic E-state index is 14.2. The van der Waals surface area contributed by atoms with Gasteiger partial charge in [-0.3, -0.25) is 4.98 Å². The van der Waals surface area contributed by atoms with E-state index in [1.165, 1.54) is 12.1 Å². The Balaban J connectivity index is 2.21. The molecule has 21 heavy (non-hydrogen) atoms. The zero-order chi connectivity index (χ0) is 15.2. The van der Waals surface area contributed by atoms with Crippen molar-refractivity contribution < 1.29 is 8.78 Å². The molecule has 0 radical (unpaired) electrons. The highest BCUT2D eigenvalue weighted by atomic mass is 79.9. The van der Waals surface area contributed by atoms with Crippen LogP contribution in [0, 0.1) is 11.6 Å². The molecule has 2 nitrogen and oxygen atoms in total.